The van der Waals surface area contributed by atoms with Crippen LogP contribution < -0.4 is 0 Å². The Bertz CT molecular complexity index is 760. The van der Waals surface area contributed by atoms with Crippen LogP contribution in [0.25, 0.3) is 0 Å². The largest absolute Gasteiger partial charge is 0.465 e. The van der Waals surface area contributed by atoms with Gasteiger partial charge in [-0.05, 0) is 50.6 Å². The molecule has 2 aliphatic heterocycles. The Morgan fingerprint density at radius 2 is 2.21 bits per heavy atom. The predicted octanol–water partition coefficient (Wildman–Crippen LogP) is 2.57. The number of ether oxygens (including phenoxy) is 1. The summed E-state index contributed by atoms with van der Waals surface area (Å²) < 4.78 is 5.93. The highest BCUT2D eigenvalue weighted by molar-refractivity contribution is 5.80. The zero-order valence-corrected chi connectivity index (χ0v) is 17.4. The van der Waals surface area contributed by atoms with Crippen molar-refractivity contribution >= 4 is 11.8 Å². The average molecular weight is 388 g/mol. The molecule has 0 aromatic rings. The minimum absolute atomic E-state index is 0.0182. The van der Waals surface area contributed by atoms with E-state index in [-0.39, 0.29) is 34.9 Å². The number of esters is 1. The lowest BCUT2D eigenvalue weighted by molar-refractivity contribution is -0.207. The maximum Gasteiger partial charge on any atom is 0.309 e. The average Bonchev–Trinajstić information content (AvgIpc) is 3.03. The van der Waals surface area contributed by atoms with Gasteiger partial charge >= 0.3 is 5.97 Å². The summed E-state index contributed by atoms with van der Waals surface area (Å²) in [5.74, 6) is 0.239. The molecular formula is C23H33NO4. The van der Waals surface area contributed by atoms with E-state index >= 15 is 0 Å². The van der Waals surface area contributed by atoms with Gasteiger partial charge in [-0.25, -0.2) is 0 Å². The van der Waals surface area contributed by atoms with Crippen molar-refractivity contribution in [2.24, 2.45) is 34.5 Å². The van der Waals surface area contributed by atoms with E-state index < -0.39 is 11.0 Å². The number of rotatable bonds is 4. The van der Waals surface area contributed by atoms with Crippen LogP contribution in [0, 0.1) is 34.5 Å². The second-order valence-corrected chi connectivity index (χ2v) is 10.5. The van der Waals surface area contributed by atoms with Gasteiger partial charge in [0.15, 0.2) is 0 Å². The summed E-state index contributed by atoms with van der Waals surface area (Å²) >= 11 is 0. The van der Waals surface area contributed by atoms with Crippen LogP contribution >= 0.6 is 0 Å². The number of carbonyl (C=O) groups is 2. The van der Waals surface area contributed by atoms with Crippen molar-refractivity contribution in [1.29, 1.82) is 0 Å². The lowest BCUT2D eigenvalue weighted by atomic mass is 9.48. The summed E-state index contributed by atoms with van der Waals surface area (Å²) in [6.45, 7) is 6.03. The first-order valence-corrected chi connectivity index (χ1v) is 11.0. The molecule has 0 radical (unpaired) electrons. The Morgan fingerprint density at radius 3 is 2.96 bits per heavy atom. The first-order valence-electron chi connectivity index (χ1n) is 11.0. The molecule has 2 heterocycles. The number of hydrogen-bond donors (Lipinski definition) is 1. The minimum atomic E-state index is -0.915. The van der Waals surface area contributed by atoms with Crippen LogP contribution in [0.15, 0.2) is 11.6 Å². The second kappa shape index (κ2) is 5.91. The van der Waals surface area contributed by atoms with Crippen LogP contribution in [-0.4, -0.2) is 54.1 Å². The van der Waals surface area contributed by atoms with Crippen LogP contribution in [0.5, 0.6) is 0 Å². The highest BCUT2D eigenvalue weighted by Gasteiger charge is 2.78. The van der Waals surface area contributed by atoms with Crippen molar-refractivity contribution in [1.82, 2.24) is 4.90 Å². The maximum absolute atomic E-state index is 13.0. The molecule has 1 unspecified atom stereocenters. The van der Waals surface area contributed by atoms with E-state index in [2.05, 4.69) is 18.0 Å². The Balaban J connectivity index is 1.69. The van der Waals surface area contributed by atoms with Gasteiger partial charge in [-0.15, -0.1) is 0 Å². The van der Waals surface area contributed by atoms with Crippen molar-refractivity contribution in [3.8, 4) is 0 Å². The zero-order valence-electron chi connectivity index (χ0n) is 17.4. The molecule has 1 spiro atoms. The summed E-state index contributed by atoms with van der Waals surface area (Å²) in [5.41, 5.74) is -0.443. The van der Waals surface area contributed by atoms with Gasteiger partial charge in [-0.1, -0.05) is 19.9 Å². The fourth-order valence-corrected chi connectivity index (χ4v) is 7.97. The van der Waals surface area contributed by atoms with E-state index in [0.717, 1.165) is 38.8 Å². The molecule has 3 aliphatic carbocycles. The predicted molar refractivity (Wildman–Crippen MR) is 104 cm³/mol. The van der Waals surface area contributed by atoms with Crippen molar-refractivity contribution in [3.05, 3.63) is 11.6 Å². The molecule has 4 fully saturated rings. The lowest BCUT2D eigenvalue weighted by Gasteiger charge is -2.62. The van der Waals surface area contributed by atoms with Gasteiger partial charge in [0.2, 0.25) is 0 Å². The van der Waals surface area contributed by atoms with Gasteiger partial charge in [0.1, 0.15) is 5.78 Å². The van der Waals surface area contributed by atoms with Gasteiger partial charge < -0.3 is 14.7 Å². The van der Waals surface area contributed by atoms with Gasteiger partial charge in [-0.2, -0.15) is 0 Å². The molecule has 1 N–H and O–H groups in total. The highest BCUT2D eigenvalue weighted by atomic mass is 16.5. The van der Waals surface area contributed by atoms with E-state index in [1.54, 1.807) is 0 Å². The molecule has 5 rings (SSSR count). The fraction of sp³-hybridized carbons (Fsp3) is 0.826. The number of allylic oxidation sites excluding steroid dienone is 1. The number of ketones is 1. The number of aliphatic hydroxyl groups is 1. The van der Waals surface area contributed by atoms with E-state index in [4.69, 9.17) is 4.74 Å². The molecule has 154 valence electrons. The normalized spacial score (nSPS) is 46.8. The maximum atomic E-state index is 13.0. The van der Waals surface area contributed by atoms with E-state index in [1.807, 2.05) is 13.8 Å². The third-order valence-electron chi connectivity index (χ3n) is 9.23. The Morgan fingerprint density at radius 1 is 1.43 bits per heavy atom. The number of Topliss-reactive ketones (excluding diaryl/α,β-unsaturated/α-hetero) is 1. The summed E-state index contributed by atoms with van der Waals surface area (Å²) in [6, 6.07) is 0. The van der Waals surface area contributed by atoms with Crippen molar-refractivity contribution in [2.45, 2.75) is 58.0 Å². The third-order valence-corrected chi connectivity index (χ3v) is 9.23. The first kappa shape index (κ1) is 18.8. The van der Waals surface area contributed by atoms with Crippen molar-refractivity contribution in [2.75, 3.05) is 26.7 Å². The Labute approximate surface area is 167 Å². The fourth-order valence-electron chi connectivity index (χ4n) is 7.97. The number of piperidine rings is 1. The number of carbonyl (C=O) groups excluding carboxylic acids is 2. The molecule has 2 saturated carbocycles. The molecule has 5 aliphatic rings. The number of nitrogens with zero attached hydrogens (tertiary/aromatic N) is 1. The molecule has 5 heteroatoms. The van der Waals surface area contributed by atoms with E-state index in [1.165, 1.54) is 5.57 Å². The Kier molecular flexibility index (Phi) is 3.97. The highest BCUT2D eigenvalue weighted by Crippen LogP contribution is 2.74. The SMILES string of the molecule is CC(C)C(=O)CCC12COC(=O)[C@@H]3C[C@]14CN(C)C[C@H]2CCC1=CC[C@H]3[C@@]14O. The second-order valence-electron chi connectivity index (χ2n) is 10.5. The van der Waals surface area contributed by atoms with Crippen LogP contribution in [0.1, 0.15) is 52.4 Å². The molecule has 28 heavy (non-hydrogen) atoms. The van der Waals surface area contributed by atoms with Crippen molar-refractivity contribution < 1.29 is 19.4 Å². The molecule has 0 amide bonds. The lowest BCUT2D eigenvalue weighted by Crippen LogP contribution is -2.68. The molecule has 5 nitrogen and oxygen atoms in total. The van der Waals surface area contributed by atoms with E-state index in [9.17, 15) is 14.7 Å². The summed E-state index contributed by atoms with van der Waals surface area (Å²) in [4.78, 5) is 27.9. The molecule has 0 aromatic heterocycles. The topological polar surface area (TPSA) is 66.8 Å². The van der Waals surface area contributed by atoms with E-state index in [0.29, 0.717) is 25.4 Å². The standard InChI is InChI=1S/C23H33NO4/c1-14(2)19(25)8-9-21-13-28-20(26)17-10-22(21)12-24(3)11-16(21)5-4-15-6-7-18(17)23(15,22)27/h6,14,16-18,27H,4-5,7-13H2,1-3H3/t16-,17-,18-,21?,22+,23+/m1/s1. The van der Waals surface area contributed by atoms with Crippen LogP contribution in [0.2, 0.25) is 0 Å². The van der Waals surface area contributed by atoms with Crippen LogP contribution in [-0.2, 0) is 14.3 Å². The third kappa shape index (κ3) is 2.05. The zero-order chi connectivity index (χ0) is 19.9. The van der Waals surface area contributed by atoms with Gasteiger partial charge in [0.05, 0.1) is 18.1 Å². The number of cyclic esters (lactones) is 1. The minimum Gasteiger partial charge on any atom is -0.465 e. The smallest absolute Gasteiger partial charge is 0.309 e. The molecule has 0 aromatic carbocycles. The monoisotopic (exact) mass is 387 g/mol. The van der Waals surface area contributed by atoms with Crippen LogP contribution in [0.4, 0.5) is 0 Å². The summed E-state index contributed by atoms with van der Waals surface area (Å²) in [5, 5.41) is 12.4. The summed E-state index contributed by atoms with van der Waals surface area (Å²) in [7, 11) is 2.15. The van der Waals surface area contributed by atoms with Crippen LogP contribution in [0.3, 0.4) is 0 Å². The quantitative estimate of drug-likeness (QED) is 0.593. The Hall–Kier alpha value is -1.20. The number of fused-ring (bicyclic) bond motifs is 2. The molecular weight excluding hydrogens is 354 g/mol. The number of hydrogen-bond acceptors (Lipinski definition) is 5. The van der Waals surface area contributed by atoms with Gasteiger partial charge in [0, 0.05) is 42.2 Å². The van der Waals surface area contributed by atoms with Gasteiger partial charge in [0.25, 0.3) is 0 Å². The number of likely N-dealkylation sites (tertiary alicyclic amines) is 1. The van der Waals surface area contributed by atoms with Crippen molar-refractivity contribution in [3.63, 3.8) is 0 Å². The molecule has 3 bridgehead atoms. The van der Waals surface area contributed by atoms with Gasteiger partial charge in [-0.3, -0.25) is 9.59 Å². The molecule has 2 saturated heterocycles. The molecule has 6 atom stereocenters. The first-order chi connectivity index (χ1) is 13.2. The summed E-state index contributed by atoms with van der Waals surface area (Å²) in [6.07, 6.45) is 6.87.